The summed E-state index contributed by atoms with van der Waals surface area (Å²) in [7, 11) is 4.13. The maximum absolute atomic E-state index is 11.9. The molecule has 0 aliphatic carbocycles. The highest BCUT2D eigenvalue weighted by molar-refractivity contribution is 5.34. The van der Waals surface area contributed by atoms with Gasteiger partial charge in [-0.05, 0) is 55.8 Å². The molecule has 0 saturated carbocycles. The van der Waals surface area contributed by atoms with E-state index in [0.29, 0.717) is 13.0 Å². The molecule has 0 bridgehead atoms. The molecule has 2 atom stereocenters. The lowest BCUT2D eigenvalue weighted by Gasteiger charge is -2.38. The highest BCUT2D eigenvalue weighted by Gasteiger charge is 2.37. The first-order chi connectivity index (χ1) is 14.5. The maximum atomic E-state index is 11.9. The Balaban J connectivity index is 1.84. The fourth-order valence-corrected chi connectivity index (χ4v) is 4.05. The molecule has 0 unspecified atom stereocenters. The first-order valence-corrected chi connectivity index (χ1v) is 10.7. The maximum Gasteiger partial charge on any atom is 0.120 e. The van der Waals surface area contributed by atoms with Crippen LogP contribution in [-0.4, -0.2) is 30.6 Å². The van der Waals surface area contributed by atoms with Crippen molar-refractivity contribution in [2.45, 2.75) is 32.0 Å². The first kappa shape index (κ1) is 22.1. The van der Waals surface area contributed by atoms with Crippen LogP contribution < -0.4 is 4.74 Å². The van der Waals surface area contributed by atoms with E-state index in [1.54, 1.807) is 0 Å². The monoisotopic (exact) mass is 403 g/mol. The normalized spacial score (nSPS) is 14.3. The van der Waals surface area contributed by atoms with Crippen molar-refractivity contribution in [1.29, 1.82) is 0 Å². The van der Waals surface area contributed by atoms with E-state index < -0.39 is 5.60 Å². The van der Waals surface area contributed by atoms with Crippen molar-refractivity contribution in [3.05, 3.63) is 102 Å². The summed E-state index contributed by atoms with van der Waals surface area (Å²) in [6.07, 6.45) is 1.46. The number of nitrogens with zero attached hydrogens (tertiary/aromatic N) is 1. The smallest absolute Gasteiger partial charge is 0.120 e. The molecule has 3 aromatic rings. The summed E-state index contributed by atoms with van der Waals surface area (Å²) in [6.45, 7) is 3.37. The molecule has 3 aromatic carbocycles. The van der Waals surface area contributed by atoms with Gasteiger partial charge < -0.3 is 14.7 Å². The van der Waals surface area contributed by atoms with Crippen LogP contribution in [0.2, 0.25) is 0 Å². The number of hydrogen-bond donors (Lipinski definition) is 1. The minimum Gasteiger partial charge on any atom is -0.489 e. The molecule has 0 aliphatic heterocycles. The largest absolute Gasteiger partial charge is 0.489 e. The van der Waals surface area contributed by atoms with Crippen molar-refractivity contribution in [3.63, 3.8) is 0 Å². The molecule has 1 N–H and O–H groups in total. The van der Waals surface area contributed by atoms with Crippen LogP contribution >= 0.6 is 0 Å². The lowest BCUT2D eigenvalue weighted by atomic mass is 9.76. The van der Waals surface area contributed by atoms with Crippen molar-refractivity contribution in [2.75, 3.05) is 20.6 Å². The topological polar surface area (TPSA) is 32.7 Å². The Morgan fingerprint density at radius 2 is 1.50 bits per heavy atom. The van der Waals surface area contributed by atoms with E-state index in [0.717, 1.165) is 29.8 Å². The second kappa shape index (κ2) is 10.4. The van der Waals surface area contributed by atoms with Crippen LogP contribution in [0.1, 0.15) is 30.0 Å². The predicted molar refractivity (Wildman–Crippen MR) is 124 cm³/mol. The lowest BCUT2D eigenvalue weighted by Crippen LogP contribution is -2.41. The third-order valence-electron chi connectivity index (χ3n) is 5.71. The van der Waals surface area contributed by atoms with Crippen molar-refractivity contribution >= 4 is 0 Å². The van der Waals surface area contributed by atoms with Crippen molar-refractivity contribution < 1.29 is 9.84 Å². The average Bonchev–Trinajstić information content (AvgIpc) is 2.78. The Labute approximate surface area is 180 Å². The molecule has 3 heteroatoms. The van der Waals surface area contributed by atoms with Crippen molar-refractivity contribution in [3.8, 4) is 5.75 Å². The fourth-order valence-electron chi connectivity index (χ4n) is 4.05. The molecule has 0 aromatic heterocycles. The zero-order valence-corrected chi connectivity index (χ0v) is 18.3. The SMILES string of the molecule is CC[C@@](O)(c1cccc(OCc2ccccc2)c1)[C@H](Cc1ccccc1)CN(C)C. The van der Waals surface area contributed by atoms with Crippen molar-refractivity contribution in [2.24, 2.45) is 5.92 Å². The molecular formula is C27H33NO2. The van der Waals surface area contributed by atoms with Crippen molar-refractivity contribution in [1.82, 2.24) is 4.90 Å². The molecule has 0 spiro atoms. The van der Waals surface area contributed by atoms with E-state index in [4.69, 9.17) is 4.74 Å². The second-order valence-electron chi connectivity index (χ2n) is 8.23. The molecule has 158 valence electrons. The highest BCUT2D eigenvalue weighted by Crippen LogP contribution is 2.37. The van der Waals surface area contributed by atoms with Gasteiger partial charge in [-0.2, -0.15) is 0 Å². The standard InChI is InChI=1S/C27H33NO2/c1-4-27(29,25(20-28(2)3)18-22-12-7-5-8-13-22)24-16-11-17-26(19-24)30-21-23-14-9-6-10-15-23/h5-17,19,25,29H,4,18,20-21H2,1-3H3/t25-,27-/m1/s1. The van der Waals surface area contributed by atoms with E-state index >= 15 is 0 Å². The Bertz CT molecular complexity index is 895. The molecule has 30 heavy (non-hydrogen) atoms. The number of aliphatic hydroxyl groups is 1. The van der Waals surface area contributed by atoms with Gasteiger partial charge in [0.25, 0.3) is 0 Å². The van der Waals surface area contributed by atoms with Gasteiger partial charge in [-0.3, -0.25) is 0 Å². The first-order valence-electron chi connectivity index (χ1n) is 10.7. The quantitative estimate of drug-likeness (QED) is 0.500. The molecule has 0 amide bonds. The fraction of sp³-hybridized carbons (Fsp3) is 0.333. The molecule has 0 radical (unpaired) electrons. The number of benzene rings is 3. The van der Waals surface area contributed by atoms with E-state index in [-0.39, 0.29) is 5.92 Å². The minimum absolute atomic E-state index is 0.0595. The van der Waals surface area contributed by atoms with Crippen LogP contribution in [0.3, 0.4) is 0 Å². The Kier molecular flexibility index (Phi) is 7.67. The minimum atomic E-state index is -0.938. The molecule has 0 heterocycles. The highest BCUT2D eigenvalue weighted by atomic mass is 16.5. The Morgan fingerprint density at radius 3 is 2.10 bits per heavy atom. The van der Waals surface area contributed by atoms with Crippen LogP contribution in [0.25, 0.3) is 0 Å². The van der Waals surface area contributed by atoms with E-state index in [1.807, 2.05) is 48.5 Å². The van der Waals surface area contributed by atoms with Gasteiger partial charge in [-0.1, -0.05) is 79.7 Å². The summed E-state index contributed by atoms with van der Waals surface area (Å²) in [4.78, 5) is 2.16. The third kappa shape index (κ3) is 5.71. The molecule has 0 saturated heterocycles. The molecule has 0 aliphatic rings. The Hall–Kier alpha value is -2.62. The molecular weight excluding hydrogens is 370 g/mol. The number of hydrogen-bond acceptors (Lipinski definition) is 3. The zero-order valence-electron chi connectivity index (χ0n) is 18.3. The summed E-state index contributed by atoms with van der Waals surface area (Å²) >= 11 is 0. The summed E-state index contributed by atoms with van der Waals surface area (Å²) < 4.78 is 6.03. The zero-order chi connectivity index (χ0) is 21.4. The van der Waals surface area contributed by atoms with Crippen LogP contribution in [0.4, 0.5) is 0 Å². The Morgan fingerprint density at radius 1 is 0.867 bits per heavy atom. The van der Waals surface area contributed by atoms with Crippen LogP contribution in [-0.2, 0) is 18.6 Å². The van der Waals surface area contributed by atoms with Gasteiger partial charge >= 0.3 is 0 Å². The summed E-state index contributed by atoms with van der Waals surface area (Å²) in [5.74, 6) is 0.843. The lowest BCUT2D eigenvalue weighted by molar-refractivity contribution is -0.0367. The molecule has 3 nitrogen and oxygen atoms in total. The van der Waals surface area contributed by atoms with Crippen LogP contribution in [0.15, 0.2) is 84.9 Å². The summed E-state index contributed by atoms with van der Waals surface area (Å²) in [5.41, 5.74) is 2.35. The summed E-state index contributed by atoms with van der Waals surface area (Å²) in [6, 6.07) is 28.5. The third-order valence-corrected chi connectivity index (χ3v) is 5.71. The van der Waals surface area contributed by atoms with E-state index in [2.05, 4.69) is 62.3 Å². The number of ether oxygens (including phenoxy) is 1. The second-order valence-corrected chi connectivity index (χ2v) is 8.23. The van der Waals surface area contributed by atoms with Gasteiger partial charge in [0.15, 0.2) is 0 Å². The molecule has 0 fully saturated rings. The predicted octanol–water partition coefficient (Wildman–Crippen LogP) is 5.28. The van der Waals surface area contributed by atoms with Crippen LogP contribution in [0.5, 0.6) is 5.75 Å². The van der Waals surface area contributed by atoms with Crippen LogP contribution in [0, 0.1) is 5.92 Å². The average molecular weight is 404 g/mol. The number of rotatable bonds is 10. The van der Waals surface area contributed by atoms with Gasteiger partial charge in [0.2, 0.25) is 0 Å². The van der Waals surface area contributed by atoms with E-state index in [9.17, 15) is 5.11 Å². The van der Waals surface area contributed by atoms with Gasteiger partial charge in [0.05, 0.1) is 5.60 Å². The van der Waals surface area contributed by atoms with E-state index in [1.165, 1.54) is 5.56 Å². The summed E-state index contributed by atoms with van der Waals surface area (Å²) in [5, 5.41) is 11.9. The van der Waals surface area contributed by atoms with Gasteiger partial charge in [0, 0.05) is 12.5 Å². The van der Waals surface area contributed by atoms with Gasteiger partial charge in [-0.25, -0.2) is 0 Å². The molecule has 3 rings (SSSR count). The van der Waals surface area contributed by atoms with Gasteiger partial charge in [0.1, 0.15) is 12.4 Å². The van der Waals surface area contributed by atoms with Gasteiger partial charge in [-0.15, -0.1) is 0 Å².